The summed E-state index contributed by atoms with van der Waals surface area (Å²) in [6, 6.07) is 18.0. The molecule has 182 valence electrons. The Morgan fingerprint density at radius 1 is 1.11 bits per heavy atom. The van der Waals surface area contributed by atoms with Gasteiger partial charge < -0.3 is 20.7 Å². The smallest absolute Gasteiger partial charge is 0.407 e. The average Bonchev–Trinajstić information content (AvgIpc) is 2.83. The second-order valence-electron chi connectivity index (χ2n) is 7.73. The zero-order valence-electron chi connectivity index (χ0n) is 18.9. The van der Waals surface area contributed by atoms with Crippen molar-refractivity contribution in [3.05, 3.63) is 83.2 Å². The van der Waals surface area contributed by atoms with Gasteiger partial charge in [0.25, 0.3) is 0 Å². The quantitative estimate of drug-likeness (QED) is 0.352. The maximum atomic E-state index is 14.5. The molecule has 1 aromatic heterocycles. The lowest BCUT2D eigenvalue weighted by molar-refractivity contribution is 0.111. The molecule has 2 aromatic carbocycles. The van der Waals surface area contributed by atoms with Crippen molar-refractivity contribution < 1.29 is 22.7 Å². The Morgan fingerprint density at radius 2 is 1.89 bits per heavy atom. The lowest BCUT2D eigenvalue weighted by atomic mass is 10.2. The number of rotatable bonds is 10. The molecule has 0 unspecified atom stereocenters. The molecule has 0 aliphatic carbocycles. The van der Waals surface area contributed by atoms with E-state index in [1.807, 2.05) is 37.3 Å². The molecule has 0 bridgehead atoms. The number of carbonyl (C=O) groups excluding carboxylic acids is 1. The fourth-order valence-electron chi connectivity index (χ4n) is 3.21. The molecule has 0 aliphatic rings. The van der Waals surface area contributed by atoms with E-state index >= 15 is 0 Å². The van der Waals surface area contributed by atoms with Crippen LogP contribution >= 0.6 is 0 Å². The van der Waals surface area contributed by atoms with Crippen LogP contribution in [0.3, 0.4) is 0 Å². The normalized spacial score (nSPS) is 11.4. The Kier molecular flexibility index (Phi) is 8.89. The van der Waals surface area contributed by atoms with Crippen molar-refractivity contribution in [2.24, 2.45) is 0 Å². The molecular formula is C25H24F3N5O2. The van der Waals surface area contributed by atoms with Crippen LogP contribution in [0.5, 0.6) is 0 Å². The number of benzene rings is 2. The van der Waals surface area contributed by atoms with Crippen molar-refractivity contribution in [1.29, 1.82) is 5.26 Å². The highest BCUT2D eigenvalue weighted by molar-refractivity contribution is 5.68. The van der Waals surface area contributed by atoms with E-state index in [0.29, 0.717) is 5.69 Å². The monoisotopic (exact) mass is 483 g/mol. The van der Waals surface area contributed by atoms with Crippen LogP contribution in [0.4, 0.5) is 35.3 Å². The number of nitrogens with zero attached hydrogens (tertiary/aromatic N) is 2. The molecule has 35 heavy (non-hydrogen) atoms. The number of carbonyl (C=O) groups is 1. The minimum absolute atomic E-state index is 0.0265. The van der Waals surface area contributed by atoms with Gasteiger partial charge in [-0.3, -0.25) is 0 Å². The summed E-state index contributed by atoms with van der Waals surface area (Å²) in [4.78, 5) is 16.2. The minimum Gasteiger partial charge on any atom is -0.445 e. The fraction of sp³-hybridized carbons (Fsp3) is 0.240. The van der Waals surface area contributed by atoms with Crippen LogP contribution in [0, 0.1) is 24.1 Å². The van der Waals surface area contributed by atoms with Crippen LogP contribution in [0.1, 0.15) is 23.1 Å². The van der Waals surface area contributed by atoms with E-state index in [1.165, 1.54) is 0 Å². The van der Waals surface area contributed by atoms with Gasteiger partial charge in [-0.2, -0.15) is 5.26 Å². The van der Waals surface area contributed by atoms with Crippen LogP contribution in [0.15, 0.2) is 60.7 Å². The molecule has 3 rings (SSSR count). The van der Waals surface area contributed by atoms with Crippen molar-refractivity contribution in [2.45, 2.75) is 32.4 Å². The summed E-state index contributed by atoms with van der Waals surface area (Å²) in [6.07, 6.45) is -4.27. The minimum atomic E-state index is -2.71. The first-order valence-corrected chi connectivity index (χ1v) is 10.8. The van der Waals surface area contributed by atoms with E-state index in [-0.39, 0.29) is 30.4 Å². The number of aromatic nitrogens is 1. The van der Waals surface area contributed by atoms with Crippen molar-refractivity contribution in [2.75, 3.05) is 17.2 Å². The van der Waals surface area contributed by atoms with Crippen LogP contribution < -0.4 is 16.0 Å². The lowest BCUT2D eigenvalue weighted by Crippen LogP contribution is -2.41. The molecule has 0 saturated heterocycles. The first kappa shape index (κ1) is 25.4. The number of amides is 1. The second kappa shape index (κ2) is 12.3. The van der Waals surface area contributed by atoms with Gasteiger partial charge in [0.05, 0.1) is 11.6 Å². The molecule has 1 atom stereocenters. The van der Waals surface area contributed by atoms with Gasteiger partial charge >= 0.3 is 6.09 Å². The van der Waals surface area contributed by atoms with Crippen LogP contribution in [0.2, 0.25) is 0 Å². The number of nitriles is 1. The molecular weight excluding hydrogens is 459 g/mol. The Hall–Kier alpha value is -4.26. The summed E-state index contributed by atoms with van der Waals surface area (Å²) in [7, 11) is 0. The molecule has 0 aliphatic heterocycles. The molecule has 3 aromatic rings. The number of aryl methyl sites for hydroxylation is 1. The third-order valence-corrected chi connectivity index (χ3v) is 4.89. The Bertz CT molecular complexity index is 1190. The molecule has 0 spiro atoms. The number of nitrogens with one attached hydrogen (secondary N) is 3. The number of ether oxygens (including phenoxy) is 1. The third kappa shape index (κ3) is 7.92. The predicted molar refractivity (Wildman–Crippen MR) is 126 cm³/mol. The molecule has 0 radical (unpaired) electrons. The number of alkyl carbamates (subject to hydrolysis) is 1. The Balaban J connectivity index is 1.67. The molecule has 1 heterocycles. The largest absolute Gasteiger partial charge is 0.445 e. The van der Waals surface area contributed by atoms with Gasteiger partial charge in [0, 0.05) is 18.7 Å². The maximum absolute atomic E-state index is 14.5. The predicted octanol–water partition coefficient (Wildman–Crippen LogP) is 5.51. The number of hydrogen-bond acceptors (Lipinski definition) is 6. The lowest BCUT2D eigenvalue weighted by Gasteiger charge is -2.20. The van der Waals surface area contributed by atoms with Gasteiger partial charge in [0.15, 0.2) is 17.5 Å². The maximum Gasteiger partial charge on any atom is 0.407 e. The van der Waals surface area contributed by atoms with Crippen LogP contribution in [-0.2, 0) is 11.3 Å². The highest BCUT2D eigenvalue weighted by Gasteiger charge is 2.20. The van der Waals surface area contributed by atoms with Crippen LogP contribution in [-0.4, -0.2) is 30.1 Å². The summed E-state index contributed by atoms with van der Waals surface area (Å²) in [5.74, 6) is -0.987. The standard InChI is InChI=1S/C25H24F3N5O2/c1-16-6-5-9-19(10-16)31-23-18(13-29)11-21(26)24(33-23)30-14-20(12-22(27)28)32-25(34)35-15-17-7-3-2-4-8-17/h2-11,20,22H,12,14-15H2,1H3,(H,32,34)(H2,30,31,33)/t20-/m0/s1. The SMILES string of the molecule is Cc1cccc(Nc2nc(NC[C@H](CC(F)F)NC(=O)OCc3ccccc3)c(F)cc2C#N)c1. The van der Waals surface area contributed by atoms with Gasteiger partial charge in [-0.15, -0.1) is 0 Å². The molecule has 3 N–H and O–H groups in total. The summed E-state index contributed by atoms with van der Waals surface area (Å²) in [6.45, 7) is 1.62. The highest BCUT2D eigenvalue weighted by Crippen LogP contribution is 2.24. The molecule has 7 nitrogen and oxygen atoms in total. The number of anilines is 3. The summed E-state index contributed by atoms with van der Waals surface area (Å²) in [5.41, 5.74) is 2.32. The number of alkyl halides is 2. The van der Waals surface area contributed by atoms with Gasteiger partial charge in [0.2, 0.25) is 6.43 Å². The van der Waals surface area contributed by atoms with Gasteiger partial charge in [0.1, 0.15) is 12.7 Å². The van der Waals surface area contributed by atoms with Gasteiger partial charge in [-0.05, 0) is 36.2 Å². The average molecular weight is 483 g/mol. The van der Waals surface area contributed by atoms with E-state index in [1.54, 1.807) is 30.3 Å². The Morgan fingerprint density at radius 3 is 2.57 bits per heavy atom. The molecule has 10 heteroatoms. The van der Waals surface area contributed by atoms with E-state index in [4.69, 9.17) is 4.74 Å². The van der Waals surface area contributed by atoms with Crippen molar-refractivity contribution >= 4 is 23.4 Å². The molecule has 1 amide bonds. The summed E-state index contributed by atoms with van der Waals surface area (Å²) in [5, 5.41) is 17.3. The zero-order valence-corrected chi connectivity index (χ0v) is 18.9. The van der Waals surface area contributed by atoms with E-state index < -0.39 is 30.8 Å². The van der Waals surface area contributed by atoms with E-state index in [9.17, 15) is 23.2 Å². The zero-order chi connectivity index (χ0) is 25.2. The highest BCUT2D eigenvalue weighted by atomic mass is 19.3. The fourth-order valence-corrected chi connectivity index (χ4v) is 3.21. The second-order valence-corrected chi connectivity index (χ2v) is 7.73. The third-order valence-electron chi connectivity index (χ3n) is 4.89. The van der Waals surface area contributed by atoms with Crippen molar-refractivity contribution in [3.63, 3.8) is 0 Å². The molecule has 0 saturated carbocycles. The first-order valence-electron chi connectivity index (χ1n) is 10.8. The summed E-state index contributed by atoms with van der Waals surface area (Å²) < 4.78 is 45.8. The van der Waals surface area contributed by atoms with Gasteiger partial charge in [-0.25, -0.2) is 22.9 Å². The van der Waals surface area contributed by atoms with Crippen LogP contribution in [0.25, 0.3) is 0 Å². The van der Waals surface area contributed by atoms with Gasteiger partial charge in [-0.1, -0.05) is 42.5 Å². The number of halogens is 3. The van der Waals surface area contributed by atoms with Crippen molar-refractivity contribution in [1.82, 2.24) is 10.3 Å². The topological polar surface area (TPSA) is 99.1 Å². The Labute approximate surface area is 200 Å². The summed E-state index contributed by atoms with van der Waals surface area (Å²) >= 11 is 0. The molecule has 0 fully saturated rings. The van der Waals surface area contributed by atoms with Crippen molar-refractivity contribution in [3.8, 4) is 6.07 Å². The number of hydrogen-bond donors (Lipinski definition) is 3. The van der Waals surface area contributed by atoms with E-state index in [0.717, 1.165) is 17.2 Å². The number of pyridine rings is 1. The first-order chi connectivity index (χ1) is 16.8. The van der Waals surface area contributed by atoms with E-state index in [2.05, 4.69) is 20.9 Å².